The first-order valence-corrected chi connectivity index (χ1v) is 4.16. The molecule has 0 unspecified atom stereocenters. The molecule has 0 amide bonds. The highest BCUT2D eigenvalue weighted by atomic mass is 35.5. The summed E-state index contributed by atoms with van der Waals surface area (Å²) in [5, 5.41) is 0.155. The number of hydrogen-bond donors (Lipinski definition) is 1. The fourth-order valence-corrected chi connectivity index (χ4v) is 1.45. The molecule has 0 atom stereocenters. The van der Waals surface area contributed by atoms with Gasteiger partial charge in [0.2, 0.25) is 5.28 Å². The largest absolute Gasteiger partial charge is 0.297 e. The standard InChI is InChI=1S/C8H11ClN2O/c1-4(2)6-5(3)10-8(9)11-7(6)12/h4H,1-3H3,(H,10,11,12). The third kappa shape index (κ3) is 1.67. The van der Waals surface area contributed by atoms with Gasteiger partial charge in [0.15, 0.2) is 0 Å². The molecule has 3 nitrogen and oxygen atoms in total. The molecule has 12 heavy (non-hydrogen) atoms. The van der Waals surface area contributed by atoms with Crippen LogP contribution in [0.25, 0.3) is 0 Å². The van der Waals surface area contributed by atoms with Crippen molar-refractivity contribution in [3.8, 4) is 0 Å². The van der Waals surface area contributed by atoms with Crippen LogP contribution < -0.4 is 5.56 Å². The maximum atomic E-state index is 11.3. The summed E-state index contributed by atoms with van der Waals surface area (Å²) >= 11 is 5.56. The summed E-state index contributed by atoms with van der Waals surface area (Å²) in [6.07, 6.45) is 0. The first-order chi connectivity index (χ1) is 5.52. The normalized spacial score (nSPS) is 10.8. The Kier molecular flexibility index (Phi) is 2.52. The van der Waals surface area contributed by atoms with Crippen molar-refractivity contribution in [1.82, 2.24) is 9.97 Å². The van der Waals surface area contributed by atoms with E-state index < -0.39 is 0 Å². The van der Waals surface area contributed by atoms with E-state index in [1.807, 2.05) is 13.8 Å². The highest BCUT2D eigenvalue weighted by Gasteiger charge is 2.09. The van der Waals surface area contributed by atoms with Crippen LogP contribution in [0.1, 0.15) is 31.0 Å². The van der Waals surface area contributed by atoms with Crippen LogP contribution in [0.5, 0.6) is 0 Å². The lowest BCUT2D eigenvalue weighted by molar-refractivity contribution is 0.812. The Labute approximate surface area is 75.8 Å². The Bertz CT molecular complexity index is 343. The van der Waals surface area contributed by atoms with Crippen LogP contribution in [0.4, 0.5) is 0 Å². The van der Waals surface area contributed by atoms with Crippen molar-refractivity contribution in [1.29, 1.82) is 0 Å². The topological polar surface area (TPSA) is 45.8 Å². The molecule has 0 aliphatic rings. The highest BCUT2D eigenvalue weighted by molar-refractivity contribution is 6.28. The number of H-pyrrole nitrogens is 1. The van der Waals surface area contributed by atoms with Crippen LogP contribution in [0.2, 0.25) is 5.28 Å². The SMILES string of the molecule is Cc1nc(Cl)[nH]c(=O)c1C(C)C. The number of aromatic amines is 1. The monoisotopic (exact) mass is 186 g/mol. The van der Waals surface area contributed by atoms with E-state index in [9.17, 15) is 4.79 Å². The molecule has 0 radical (unpaired) electrons. The van der Waals surface area contributed by atoms with E-state index in [2.05, 4.69) is 9.97 Å². The molecule has 1 rings (SSSR count). The Morgan fingerprint density at radius 1 is 1.50 bits per heavy atom. The summed E-state index contributed by atoms with van der Waals surface area (Å²) in [4.78, 5) is 17.7. The average molecular weight is 187 g/mol. The van der Waals surface area contributed by atoms with Crippen molar-refractivity contribution in [2.75, 3.05) is 0 Å². The second-order valence-electron chi connectivity index (χ2n) is 3.01. The van der Waals surface area contributed by atoms with Crippen LogP contribution >= 0.6 is 11.6 Å². The maximum absolute atomic E-state index is 11.3. The van der Waals surface area contributed by atoms with Gasteiger partial charge in [0, 0.05) is 11.3 Å². The summed E-state index contributed by atoms with van der Waals surface area (Å²) in [6, 6.07) is 0. The number of aromatic nitrogens is 2. The summed E-state index contributed by atoms with van der Waals surface area (Å²) in [6.45, 7) is 5.69. The van der Waals surface area contributed by atoms with Gasteiger partial charge in [0.05, 0.1) is 0 Å². The van der Waals surface area contributed by atoms with Crippen molar-refractivity contribution < 1.29 is 0 Å². The van der Waals surface area contributed by atoms with E-state index in [1.165, 1.54) is 0 Å². The minimum Gasteiger partial charge on any atom is -0.297 e. The quantitative estimate of drug-likeness (QED) is 0.681. The zero-order valence-electron chi connectivity index (χ0n) is 7.31. The van der Waals surface area contributed by atoms with Gasteiger partial charge in [0.1, 0.15) is 0 Å². The first kappa shape index (κ1) is 9.26. The predicted octanol–water partition coefficient (Wildman–Crippen LogP) is 1.86. The van der Waals surface area contributed by atoms with Crippen LogP contribution in [0.3, 0.4) is 0 Å². The van der Waals surface area contributed by atoms with Gasteiger partial charge in [-0.25, -0.2) is 4.98 Å². The lowest BCUT2D eigenvalue weighted by Crippen LogP contribution is -2.17. The van der Waals surface area contributed by atoms with Crippen molar-refractivity contribution in [3.05, 3.63) is 26.9 Å². The number of rotatable bonds is 1. The lowest BCUT2D eigenvalue weighted by atomic mass is 10.0. The summed E-state index contributed by atoms with van der Waals surface area (Å²) < 4.78 is 0. The molecule has 0 fully saturated rings. The average Bonchev–Trinajstić information content (AvgIpc) is 1.82. The van der Waals surface area contributed by atoms with E-state index in [1.54, 1.807) is 6.92 Å². The van der Waals surface area contributed by atoms with Gasteiger partial charge in [-0.3, -0.25) is 9.78 Å². The molecule has 1 N–H and O–H groups in total. The van der Waals surface area contributed by atoms with Gasteiger partial charge in [-0.1, -0.05) is 13.8 Å². The Balaban J connectivity index is 3.39. The molecule has 66 valence electrons. The molecular weight excluding hydrogens is 176 g/mol. The number of hydrogen-bond acceptors (Lipinski definition) is 2. The number of halogens is 1. The van der Waals surface area contributed by atoms with Gasteiger partial charge in [-0.15, -0.1) is 0 Å². The van der Waals surface area contributed by atoms with Gasteiger partial charge in [0.25, 0.3) is 5.56 Å². The lowest BCUT2D eigenvalue weighted by Gasteiger charge is -2.06. The van der Waals surface area contributed by atoms with Gasteiger partial charge >= 0.3 is 0 Å². The van der Waals surface area contributed by atoms with Crippen LogP contribution in [0.15, 0.2) is 4.79 Å². The van der Waals surface area contributed by atoms with E-state index in [0.717, 1.165) is 0 Å². The molecule has 0 aromatic carbocycles. The number of nitrogens with one attached hydrogen (secondary N) is 1. The summed E-state index contributed by atoms with van der Waals surface area (Å²) in [5.41, 5.74) is 1.28. The third-order valence-corrected chi connectivity index (χ3v) is 1.87. The Morgan fingerprint density at radius 3 is 2.50 bits per heavy atom. The zero-order chi connectivity index (χ0) is 9.30. The number of nitrogens with zero attached hydrogens (tertiary/aromatic N) is 1. The smallest absolute Gasteiger partial charge is 0.255 e. The third-order valence-electron chi connectivity index (χ3n) is 1.69. The molecule has 0 bridgehead atoms. The van der Waals surface area contributed by atoms with Crippen molar-refractivity contribution in [2.24, 2.45) is 0 Å². The number of aryl methyl sites for hydroxylation is 1. The molecule has 1 aromatic heterocycles. The van der Waals surface area contributed by atoms with E-state index in [-0.39, 0.29) is 16.8 Å². The van der Waals surface area contributed by atoms with Gasteiger partial charge in [-0.2, -0.15) is 0 Å². The fraction of sp³-hybridized carbons (Fsp3) is 0.500. The maximum Gasteiger partial charge on any atom is 0.255 e. The summed E-state index contributed by atoms with van der Waals surface area (Å²) in [5.74, 6) is 0.179. The second kappa shape index (κ2) is 3.27. The van der Waals surface area contributed by atoms with Crippen LogP contribution in [-0.4, -0.2) is 9.97 Å². The predicted molar refractivity (Wildman–Crippen MR) is 48.7 cm³/mol. The zero-order valence-corrected chi connectivity index (χ0v) is 8.07. The van der Waals surface area contributed by atoms with Crippen LogP contribution in [0, 0.1) is 6.92 Å². The second-order valence-corrected chi connectivity index (χ2v) is 3.37. The van der Waals surface area contributed by atoms with Crippen LogP contribution in [-0.2, 0) is 0 Å². The molecule has 0 spiro atoms. The molecule has 0 aliphatic carbocycles. The molecule has 0 saturated heterocycles. The molecular formula is C8H11ClN2O. The first-order valence-electron chi connectivity index (χ1n) is 3.78. The molecule has 1 heterocycles. The van der Waals surface area contributed by atoms with Gasteiger partial charge < -0.3 is 0 Å². The molecule has 0 saturated carbocycles. The summed E-state index contributed by atoms with van der Waals surface area (Å²) in [7, 11) is 0. The van der Waals surface area contributed by atoms with Crippen molar-refractivity contribution in [3.63, 3.8) is 0 Å². The van der Waals surface area contributed by atoms with Crippen molar-refractivity contribution in [2.45, 2.75) is 26.7 Å². The minimum atomic E-state index is -0.137. The molecule has 0 aliphatic heterocycles. The van der Waals surface area contributed by atoms with Crippen molar-refractivity contribution >= 4 is 11.6 Å². The van der Waals surface area contributed by atoms with Gasteiger partial charge in [-0.05, 0) is 24.4 Å². The minimum absolute atomic E-state index is 0.137. The fourth-order valence-electron chi connectivity index (χ4n) is 1.24. The molecule has 1 aromatic rings. The van der Waals surface area contributed by atoms with E-state index in [4.69, 9.17) is 11.6 Å². The van der Waals surface area contributed by atoms with E-state index >= 15 is 0 Å². The Hall–Kier alpha value is -0.830. The highest BCUT2D eigenvalue weighted by Crippen LogP contribution is 2.12. The van der Waals surface area contributed by atoms with E-state index in [0.29, 0.717) is 11.3 Å². The Morgan fingerprint density at radius 2 is 2.08 bits per heavy atom. The molecule has 4 heteroatoms.